The molecule has 0 radical (unpaired) electrons. The maximum atomic E-state index is 12.9. The lowest BCUT2D eigenvalue weighted by molar-refractivity contribution is -0.150. The van der Waals surface area contributed by atoms with Crippen LogP contribution in [0.3, 0.4) is 0 Å². The molecule has 3 rings (SSSR count). The molecule has 1 aliphatic heterocycles. The van der Waals surface area contributed by atoms with Crippen LogP contribution in [0.5, 0.6) is 0 Å². The highest BCUT2D eigenvalue weighted by Crippen LogP contribution is 2.37. The molecule has 0 fully saturated rings. The standard InChI is InChI=1S/C21H18Cl2F3N3O3/c1-3-32-18(30)20(2)11-29(28-17(20)12-4-6-13(22)7-5-12)19(31)27-14-8-9-15(16(23)10-14)21(24,25)26/h4-10H,3,11H2,1-2H3,(H,27,31). The number of hydrogen-bond donors (Lipinski definition) is 1. The van der Waals surface area contributed by atoms with Gasteiger partial charge in [-0.15, -0.1) is 0 Å². The quantitative estimate of drug-likeness (QED) is 0.551. The molecule has 2 aromatic carbocycles. The summed E-state index contributed by atoms with van der Waals surface area (Å²) in [6.07, 6.45) is -4.62. The minimum absolute atomic E-state index is 0.0426. The SMILES string of the molecule is CCOC(=O)C1(C)CN(C(=O)Nc2ccc(C(F)(F)F)c(Cl)c2)N=C1c1ccc(Cl)cc1. The number of ether oxygens (including phenoxy) is 1. The van der Waals surface area contributed by atoms with Gasteiger partial charge in [-0.05, 0) is 49.7 Å². The van der Waals surface area contributed by atoms with Gasteiger partial charge in [0.2, 0.25) is 0 Å². The molecule has 32 heavy (non-hydrogen) atoms. The number of benzene rings is 2. The highest BCUT2D eigenvalue weighted by Gasteiger charge is 2.48. The van der Waals surface area contributed by atoms with E-state index >= 15 is 0 Å². The maximum Gasteiger partial charge on any atom is 0.417 e. The third-order valence-electron chi connectivity index (χ3n) is 4.81. The molecule has 1 atom stereocenters. The molecule has 11 heteroatoms. The number of nitrogens with zero attached hydrogens (tertiary/aromatic N) is 2. The molecule has 0 aliphatic carbocycles. The van der Waals surface area contributed by atoms with Gasteiger partial charge in [0.25, 0.3) is 0 Å². The van der Waals surface area contributed by atoms with E-state index in [-0.39, 0.29) is 18.8 Å². The van der Waals surface area contributed by atoms with Crippen molar-refractivity contribution >= 4 is 46.6 Å². The van der Waals surface area contributed by atoms with Gasteiger partial charge in [-0.2, -0.15) is 18.3 Å². The second-order valence-electron chi connectivity index (χ2n) is 7.19. The predicted octanol–water partition coefficient (Wildman–Crippen LogP) is 5.83. The van der Waals surface area contributed by atoms with Crippen LogP contribution in [0.1, 0.15) is 25.0 Å². The smallest absolute Gasteiger partial charge is 0.417 e. The Hall–Kier alpha value is -2.78. The van der Waals surface area contributed by atoms with Gasteiger partial charge in [-0.25, -0.2) is 9.80 Å². The molecule has 170 valence electrons. The molecule has 2 amide bonds. The first-order valence-corrected chi connectivity index (χ1v) is 10.2. The molecule has 1 aliphatic rings. The summed E-state index contributed by atoms with van der Waals surface area (Å²) in [5.41, 5.74) is -1.37. The summed E-state index contributed by atoms with van der Waals surface area (Å²) in [5, 5.41) is 7.70. The van der Waals surface area contributed by atoms with Crippen LogP contribution in [0.15, 0.2) is 47.6 Å². The predicted molar refractivity (Wildman–Crippen MR) is 115 cm³/mol. The molecule has 0 saturated heterocycles. The van der Waals surface area contributed by atoms with Crippen LogP contribution in [0.25, 0.3) is 0 Å². The van der Waals surface area contributed by atoms with Crippen LogP contribution in [-0.2, 0) is 15.7 Å². The lowest BCUT2D eigenvalue weighted by Gasteiger charge is -2.24. The first kappa shape index (κ1) is 23.9. The number of esters is 1. The summed E-state index contributed by atoms with van der Waals surface area (Å²) >= 11 is 11.6. The number of hydrazone groups is 1. The number of halogens is 5. The van der Waals surface area contributed by atoms with E-state index in [9.17, 15) is 22.8 Å². The number of carbonyl (C=O) groups is 2. The molecular weight excluding hydrogens is 470 g/mol. The molecule has 1 heterocycles. The summed E-state index contributed by atoms with van der Waals surface area (Å²) in [6, 6.07) is 8.66. The Bertz CT molecular complexity index is 1070. The molecule has 0 saturated carbocycles. The first-order chi connectivity index (χ1) is 15.0. The molecule has 0 spiro atoms. The molecule has 0 bridgehead atoms. The number of hydrogen-bond acceptors (Lipinski definition) is 4. The summed E-state index contributed by atoms with van der Waals surface area (Å²) in [5.74, 6) is -0.568. The summed E-state index contributed by atoms with van der Waals surface area (Å²) < 4.78 is 43.9. The molecule has 2 aromatic rings. The molecule has 0 aromatic heterocycles. The van der Waals surface area contributed by atoms with Crippen molar-refractivity contribution in [3.8, 4) is 0 Å². The van der Waals surface area contributed by atoms with Crippen molar-refractivity contribution in [1.29, 1.82) is 0 Å². The minimum atomic E-state index is -4.62. The van der Waals surface area contributed by atoms with Gasteiger partial charge in [0, 0.05) is 10.7 Å². The van der Waals surface area contributed by atoms with Crippen LogP contribution < -0.4 is 5.32 Å². The molecule has 6 nitrogen and oxygen atoms in total. The number of nitrogens with one attached hydrogen (secondary N) is 1. The Labute approximate surface area is 191 Å². The fourth-order valence-corrected chi connectivity index (χ4v) is 3.62. The second-order valence-corrected chi connectivity index (χ2v) is 8.03. The zero-order valence-electron chi connectivity index (χ0n) is 17.0. The first-order valence-electron chi connectivity index (χ1n) is 9.43. The van der Waals surface area contributed by atoms with E-state index in [1.807, 2.05) is 0 Å². The maximum absolute atomic E-state index is 12.9. The number of alkyl halides is 3. The number of amides is 2. The van der Waals surface area contributed by atoms with E-state index in [0.717, 1.165) is 23.2 Å². The Morgan fingerprint density at radius 1 is 1.19 bits per heavy atom. The van der Waals surface area contributed by atoms with Crippen LogP contribution in [-0.4, -0.2) is 35.9 Å². The Morgan fingerprint density at radius 2 is 1.84 bits per heavy atom. The Kier molecular flexibility index (Phi) is 6.71. The third kappa shape index (κ3) is 4.83. The summed E-state index contributed by atoms with van der Waals surface area (Å²) in [7, 11) is 0. The molecule has 1 N–H and O–H groups in total. The van der Waals surface area contributed by atoms with Gasteiger partial charge < -0.3 is 10.1 Å². The largest absolute Gasteiger partial charge is 0.465 e. The third-order valence-corrected chi connectivity index (χ3v) is 5.38. The zero-order valence-corrected chi connectivity index (χ0v) is 18.5. The van der Waals surface area contributed by atoms with Crippen LogP contribution in [0.2, 0.25) is 10.0 Å². The van der Waals surface area contributed by atoms with Crippen molar-refractivity contribution in [3.63, 3.8) is 0 Å². The van der Waals surface area contributed by atoms with Crippen LogP contribution in [0, 0.1) is 5.41 Å². The monoisotopic (exact) mass is 487 g/mol. The van der Waals surface area contributed by atoms with Crippen molar-refractivity contribution in [2.75, 3.05) is 18.5 Å². The van der Waals surface area contributed by atoms with E-state index < -0.39 is 34.2 Å². The Morgan fingerprint density at radius 3 is 2.41 bits per heavy atom. The topological polar surface area (TPSA) is 71.0 Å². The van der Waals surface area contributed by atoms with Crippen LogP contribution in [0.4, 0.5) is 23.7 Å². The molecule has 1 unspecified atom stereocenters. The summed E-state index contributed by atoms with van der Waals surface area (Å²) in [6.45, 7) is 3.26. The minimum Gasteiger partial charge on any atom is -0.465 e. The van der Waals surface area contributed by atoms with Gasteiger partial charge in [-0.1, -0.05) is 35.3 Å². The number of carbonyl (C=O) groups excluding carboxylic acids is 2. The summed E-state index contributed by atoms with van der Waals surface area (Å²) in [4.78, 5) is 25.5. The van der Waals surface area contributed by atoms with Gasteiger partial charge in [0.05, 0.1) is 29.4 Å². The highest BCUT2D eigenvalue weighted by atomic mass is 35.5. The van der Waals surface area contributed by atoms with Crippen LogP contribution >= 0.6 is 23.2 Å². The average Bonchev–Trinajstić information content (AvgIpc) is 3.07. The number of anilines is 1. The highest BCUT2D eigenvalue weighted by molar-refractivity contribution is 6.32. The van der Waals surface area contributed by atoms with Crippen molar-refractivity contribution in [2.45, 2.75) is 20.0 Å². The Balaban J connectivity index is 1.89. The van der Waals surface area contributed by atoms with Gasteiger partial charge in [-0.3, -0.25) is 4.79 Å². The van der Waals surface area contributed by atoms with E-state index in [2.05, 4.69) is 10.4 Å². The van der Waals surface area contributed by atoms with Crippen molar-refractivity contribution in [1.82, 2.24) is 5.01 Å². The lowest BCUT2D eigenvalue weighted by Crippen LogP contribution is -2.42. The van der Waals surface area contributed by atoms with Gasteiger partial charge in [0.15, 0.2) is 0 Å². The fourth-order valence-electron chi connectivity index (χ4n) is 3.20. The lowest BCUT2D eigenvalue weighted by atomic mass is 9.82. The average molecular weight is 488 g/mol. The zero-order chi connectivity index (χ0) is 23.7. The van der Waals surface area contributed by atoms with E-state index in [4.69, 9.17) is 27.9 Å². The number of urea groups is 1. The second kappa shape index (κ2) is 8.99. The van der Waals surface area contributed by atoms with E-state index in [1.165, 1.54) is 0 Å². The molecular formula is C21H18Cl2F3N3O3. The van der Waals surface area contributed by atoms with E-state index in [1.54, 1.807) is 38.1 Å². The van der Waals surface area contributed by atoms with Crippen molar-refractivity contribution < 1.29 is 27.5 Å². The van der Waals surface area contributed by atoms with Gasteiger partial charge in [0.1, 0.15) is 5.41 Å². The normalized spacial score (nSPS) is 18.3. The van der Waals surface area contributed by atoms with Crippen molar-refractivity contribution in [2.24, 2.45) is 10.5 Å². The van der Waals surface area contributed by atoms with Gasteiger partial charge >= 0.3 is 18.2 Å². The fraction of sp³-hybridized carbons (Fsp3) is 0.286. The van der Waals surface area contributed by atoms with Crippen molar-refractivity contribution in [3.05, 3.63) is 63.6 Å². The number of rotatable bonds is 4. The van der Waals surface area contributed by atoms with E-state index in [0.29, 0.717) is 16.3 Å².